The van der Waals surface area contributed by atoms with Gasteiger partial charge >= 0.3 is 0 Å². The summed E-state index contributed by atoms with van der Waals surface area (Å²) in [6, 6.07) is 64.3. The molecule has 8 aromatic carbocycles. The molecule has 0 aliphatic carbocycles. The monoisotopic (exact) mass is 666 g/mol. The fourth-order valence-corrected chi connectivity index (χ4v) is 8.05. The van der Waals surface area contributed by atoms with Crippen LogP contribution in [0.4, 0.5) is 17.1 Å². The third-order valence-electron chi connectivity index (χ3n) is 10.3. The Morgan fingerprint density at radius 2 is 0.981 bits per heavy atom. The molecule has 244 valence electrons. The Morgan fingerprint density at radius 3 is 1.73 bits per heavy atom. The molecular formula is C48H30N2O2. The summed E-state index contributed by atoms with van der Waals surface area (Å²) in [6.45, 7) is 0. The number of anilines is 3. The molecule has 0 atom stereocenters. The second kappa shape index (κ2) is 11.2. The Hall–Kier alpha value is -7.04. The standard InChI is InChI=1S/C48H30N2O2/c1-3-14-32(15-4-1)49(33-16-5-2-6-17-33)34-26-31(36-21-13-22-40-38-19-8-12-25-46(38)52-48(36)40)27-35(28-34)50-43-23-10-7-18-37(43)41-29-42-39-20-9-11-24-45(39)51-47(42)30-44(41)50/h1-30H. The maximum absolute atomic E-state index is 6.62. The van der Waals surface area contributed by atoms with E-state index in [0.717, 1.165) is 88.8 Å². The van der Waals surface area contributed by atoms with Crippen LogP contribution >= 0.6 is 0 Å². The van der Waals surface area contributed by atoms with Crippen molar-refractivity contribution >= 4 is 82.7 Å². The SMILES string of the molecule is c1ccc(N(c2ccccc2)c2cc(-c3cccc4c3oc3ccccc34)cc(-n3c4ccccc4c4cc5c(cc43)oc3ccccc35)c2)cc1. The molecule has 0 aliphatic heterocycles. The second-order valence-electron chi connectivity index (χ2n) is 13.3. The highest BCUT2D eigenvalue weighted by atomic mass is 16.3. The summed E-state index contributed by atoms with van der Waals surface area (Å²) in [7, 11) is 0. The third-order valence-corrected chi connectivity index (χ3v) is 10.3. The first-order chi connectivity index (χ1) is 25.8. The van der Waals surface area contributed by atoms with Crippen LogP contribution in [0.15, 0.2) is 191 Å². The smallest absolute Gasteiger partial charge is 0.143 e. The number of para-hydroxylation sites is 6. The Kier molecular flexibility index (Phi) is 6.22. The van der Waals surface area contributed by atoms with Gasteiger partial charge in [-0.2, -0.15) is 0 Å². The molecule has 0 unspecified atom stereocenters. The zero-order valence-electron chi connectivity index (χ0n) is 28.0. The fraction of sp³-hybridized carbons (Fsp3) is 0. The number of rotatable bonds is 5. The minimum atomic E-state index is 0.872. The van der Waals surface area contributed by atoms with Gasteiger partial charge in [-0.05, 0) is 72.3 Å². The number of nitrogens with zero attached hydrogens (tertiary/aromatic N) is 2. The van der Waals surface area contributed by atoms with E-state index in [1.807, 2.05) is 24.3 Å². The van der Waals surface area contributed by atoms with E-state index >= 15 is 0 Å². The zero-order chi connectivity index (χ0) is 34.2. The van der Waals surface area contributed by atoms with Crippen molar-refractivity contribution < 1.29 is 8.83 Å². The van der Waals surface area contributed by atoms with E-state index in [0.29, 0.717) is 0 Å². The highest BCUT2D eigenvalue weighted by Crippen LogP contribution is 2.44. The molecule has 3 aromatic heterocycles. The molecule has 0 radical (unpaired) electrons. The number of hydrogen-bond acceptors (Lipinski definition) is 3. The summed E-state index contributed by atoms with van der Waals surface area (Å²) >= 11 is 0. The lowest BCUT2D eigenvalue weighted by Crippen LogP contribution is -2.10. The van der Waals surface area contributed by atoms with Crippen molar-refractivity contribution in [1.29, 1.82) is 0 Å². The molecule has 0 spiro atoms. The predicted octanol–water partition coefficient (Wildman–Crippen LogP) is 13.7. The first-order valence-electron chi connectivity index (χ1n) is 17.6. The molecule has 0 saturated carbocycles. The second-order valence-corrected chi connectivity index (χ2v) is 13.3. The van der Waals surface area contributed by atoms with E-state index in [1.165, 1.54) is 10.8 Å². The molecule has 0 aliphatic rings. The van der Waals surface area contributed by atoms with Crippen molar-refractivity contribution in [2.24, 2.45) is 0 Å². The van der Waals surface area contributed by atoms with Gasteiger partial charge in [-0.1, -0.05) is 109 Å². The lowest BCUT2D eigenvalue weighted by Gasteiger charge is -2.27. The average molecular weight is 667 g/mol. The van der Waals surface area contributed by atoms with Gasteiger partial charge < -0.3 is 18.3 Å². The van der Waals surface area contributed by atoms with Gasteiger partial charge in [0.05, 0.1) is 11.0 Å². The minimum Gasteiger partial charge on any atom is -0.456 e. The highest BCUT2D eigenvalue weighted by molar-refractivity contribution is 6.17. The molecule has 4 nitrogen and oxygen atoms in total. The minimum absolute atomic E-state index is 0.872. The fourth-order valence-electron chi connectivity index (χ4n) is 8.05. The summed E-state index contributed by atoms with van der Waals surface area (Å²) in [5.41, 5.74) is 12.1. The summed E-state index contributed by atoms with van der Waals surface area (Å²) in [5, 5.41) is 6.84. The summed E-state index contributed by atoms with van der Waals surface area (Å²) in [5.74, 6) is 0. The van der Waals surface area contributed by atoms with E-state index in [2.05, 4.69) is 167 Å². The van der Waals surface area contributed by atoms with Crippen molar-refractivity contribution in [3.05, 3.63) is 182 Å². The number of fused-ring (bicyclic) bond motifs is 9. The van der Waals surface area contributed by atoms with Gasteiger partial charge in [-0.25, -0.2) is 0 Å². The summed E-state index contributed by atoms with van der Waals surface area (Å²) in [4.78, 5) is 2.33. The summed E-state index contributed by atoms with van der Waals surface area (Å²) in [6.07, 6.45) is 0. The molecule has 11 rings (SSSR count). The third kappa shape index (κ3) is 4.34. The van der Waals surface area contributed by atoms with Crippen LogP contribution in [0.25, 0.3) is 82.5 Å². The van der Waals surface area contributed by atoms with Crippen molar-refractivity contribution in [3.8, 4) is 16.8 Å². The Labute approximate surface area is 299 Å². The first-order valence-corrected chi connectivity index (χ1v) is 17.6. The Bertz CT molecular complexity index is 3090. The van der Waals surface area contributed by atoms with E-state index < -0.39 is 0 Å². The average Bonchev–Trinajstić information content (AvgIpc) is 3.87. The van der Waals surface area contributed by atoms with Crippen LogP contribution < -0.4 is 4.90 Å². The first kappa shape index (κ1) is 28.8. The normalized spacial score (nSPS) is 11.8. The number of furan rings is 2. The zero-order valence-corrected chi connectivity index (χ0v) is 28.0. The van der Waals surface area contributed by atoms with Crippen LogP contribution in [0, 0.1) is 0 Å². The summed E-state index contributed by atoms with van der Waals surface area (Å²) < 4.78 is 15.5. The van der Waals surface area contributed by atoms with Crippen molar-refractivity contribution in [2.45, 2.75) is 0 Å². The van der Waals surface area contributed by atoms with Gasteiger partial charge in [-0.15, -0.1) is 0 Å². The Balaban J connectivity index is 1.25. The maximum atomic E-state index is 6.62. The van der Waals surface area contributed by atoms with E-state index in [-0.39, 0.29) is 0 Å². The molecule has 11 aromatic rings. The number of hydrogen-bond donors (Lipinski definition) is 0. The number of benzene rings is 8. The predicted molar refractivity (Wildman–Crippen MR) is 215 cm³/mol. The highest BCUT2D eigenvalue weighted by Gasteiger charge is 2.21. The quantitative estimate of drug-likeness (QED) is 0.183. The van der Waals surface area contributed by atoms with Crippen LogP contribution in [0.1, 0.15) is 0 Å². The van der Waals surface area contributed by atoms with Gasteiger partial charge in [0.1, 0.15) is 22.3 Å². The van der Waals surface area contributed by atoms with Gasteiger partial charge in [0.15, 0.2) is 0 Å². The molecule has 0 amide bonds. The molecular weight excluding hydrogens is 637 g/mol. The largest absolute Gasteiger partial charge is 0.456 e. The topological polar surface area (TPSA) is 34.5 Å². The van der Waals surface area contributed by atoms with Crippen LogP contribution in [0.3, 0.4) is 0 Å². The molecule has 0 N–H and O–H groups in total. The lowest BCUT2D eigenvalue weighted by atomic mass is 10.00. The van der Waals surface area contributed by atoms with Gasteiger partial charge in [0.2, 0.25) is 0 Å². The molecule has 0 saturated heterocycles. The van der Waals surface area contributed by atoms with Gasteiger partial charge in [0, 0.05) is 66.7 Å². The molecule has 0 fully saturated rings. The van der Waals surface area contributed by atoms with E-state index in [4.69, 9.17) is 8.83 Å². The van der Waals surface area contributed by atoms with E-state index in [9.17, 15) is 0 Å². The Morgan fingerprint density at radius 1 is 0.365 bits per heavy atom. The van der Waals surface area contributed by atoms with Gasteiger partial charge in [0.25, 0.3) is 0 Å². The van der Waals surface area contributed by atoms with E-state index in [1.54, 1.807) is 0 Å². The molecule has 3 heterocycles. The molecule has 0 bridgehead atoms. The van der Waals surface area contributed by atoms with Gasteiger partial charge in [-0.3, -0.25) is 0 Å². The van der Waals surface area contributed by atoms with Crippen molar-refractivity contribution in [1.82, 2.24) is 4.57 Å². The lowest BCUT2D eigenvalue weighted by molar-refractivity contribution is 0.669. The van der Waals surface area contributed by atoms with Crippen LogP contribution in [0.2, 0.25) is 0 Å². The maximum Gasteiger partial charge on any atom is 0.143 e. The van der Waals surface area contributed by atoms with Crippen molar-refractivity contribution in [3.63, 3.8) is 0 Å². The van der Waals surface area contributed by atoms with Crippen molar-refractivity contribution in [2.75, 3.05) is 4.90 Å². The number of aromatic nitrogens is 1. The molecule has 52 heavy (non-hydrogen) atoms. The van der Waals surface area contributed by atoms with Crippen LogP contribution in [-0.2, 0) is 0 Å². The van der Waals surface area contributed by atoms with Crippen LogP contribution in [-0.4, -0.2) is 4.57 Å². The molecule has 4 heteroatoms. The van der Waals surface area contributed by atoms with Crippen LogP contribution in [0.5, 0.6) is 0 Å².